The molecule has 4 rings (SSSR count). The van der Waals surface area contributed by atoms with Crippen molar-refractivity contribution in [2.45, 2.75) is 83.5 Å². The molecule has 0 aromatic rings. The summed E-state index contributed by atoms with van der Waals surface area (Å²) >= 11 is 0. The molecule has 3 N–H and O–H groups in total. The lowest BCUT2D eigenvalue weighted by atomic mass is 9.45. The number of aliphatic hydroxyl groups is 3. The number of Topliss-reactive ketones (excluding diaryl/α,β-unsaturated/α-hetero) is 1. The first-order chi connectivity index (χ1) is 11.6. The van der Waals surface area contributed by atoms with Crippen LogP contribution in [0.25, 0.3) is 0 Å². The summed E-state index contributed by atoms with van der Waals surface area (Å²) in [5.41, 5.74) is -0.454. The zero-order valence-electron chi connectivity index (χ0n) is 15.7. The van der Waals surface area contributed by atoms with Crippen LogP contribution in [0, 0.1) is 28.6 Å². The van der Waals surface area contributed by atoms with Crippen molar-refractivity contribution in [1.29, 1.82) is 0 Å². The van der Waals surface area contributed by atoms with E-state index in [-0.39, 0.29) is 35.1 Å². The Morgan fingerprint density at radius 3 is 2.56 bits per heavy atom. The smallest absolute Gasteiger partial charge is 0.133 e. The van der Waals surface area contributed by atoms with Crippen molar-refractivity contribution in [3.8, 4) is 0 Å². The highest BCUT2D eigenvalue weighted by Crippen LogP contribution is 2.67. The molecule has 140 valence electrons. The van der Waals surface area contributed by atoms with E-state index >= 15 is 0 Å². The number of aliphatic hydroxyl groups excluding tert-OH is 2. The molecule has 0 heterocycles. The lowest BCUT2D eigenvalue weighted by Gasteiger charge is -2.62. The summed E-state index contributed by atoms with van der Waals surface area (Å²) in [6.45, 7) is 5.81. The van der Waals surface area contributed by atoms with Gasteiger partial charge >= 0.3 is 0 Å². The molecule has 0 amide bonds. The van der Waals surface area contributed by atoms with Crippen LogP contribution in [0.15, 0.2) is 11.6 Å². The molecule has 0 aromatic heterocycles. The van der Waals surface area contributed by atoms with Gasteiger partial charge in [0.2, 0.25) is 0 Å². The Bertz CT molecular complexity index is 627. The Kier molecular flexibility index (Phi) is 3.82. The predicted octanol–water partition coefficient (Wildman–Crippen LogP) is 2.60. The lowest BCUT2D eigenvalue weighted by Crippen LogP contribution is -2.66. The Morgan fingerprint density at radius 2 is 1.88 bits per heavy atom. The van der Waals surface area contributed by atoms with Crippen molar-refractivity contribution in [3.05, 3.63) is 11.6 Å². The first-order valence-electron chi connectivity index (χ1n) is 9.93. The number of ketones is 1. The predicted molar refractivity (Wildman–Crippen MR) is 94.7 cm³/mol. The Hall–Kier alpha value is -0.710. The van der Waals surface area contributed by atoms with Crippen LogP contribution in [0.1, 0.15) is 65.7 Å². The Morgan fingerprint density at radius 1 is 1.16 bits per heavy atom. The standard InChI is InChI=1S/C21H32O4/c1-12(22)15-7-9-21(25)16-5-4-13-10-14(23)6-8-19(13,2)17(16)11-18(24)20(15,21)3/h4,14-18,23-25H,5-11H2,1-3H3/t14?,15-,16-,17+,18?,19+,20+,21+/m1/s1. The summed E-state index contributed by atoms with van der Waals surface area (Å²) in [6, 6.07) is 0. The fourth-order valence-electron chi connectivity index (χ4n) is 7.24. The molecule has 4 aliphatic rings. The van der Waals surface area contributed by atoms with Crippen LogP contribution in [-0.2, 0) is 4.79 Å². The summed E-state index contributed by atoms with van der Waals surface area (Å²) in [5, 5.41) is 33.0. The fourth-order valence-corrected chi connectivity index (χ4v) is 7.24. The Labute approximate surface area is 150 Å². The van der Waals surface area contributed by atoms with Gasteiger partial charge in [0.1, 0.15) is 5.78 Å². The zero-order chi connectivity index (χ0) is 18.2. The summed E-state index contributed by atoms with van der Waals surface area (Å²) in [4.78, 5) is 12.2. The quantitative estimate of drug-likeness (QED) is 0.637. The molecule has 8 atom stereocenters. The topological polar surface area (TPSA) is 77.8 Å². The number of carbonyl (C=O) groups is 1. The monoisotopic (exact) mass is 348 g/mol. The molecule has 0 bridgehead atoms. The fraction of sp³-hybridized carbons (Fsp3) is 0.857. The minimum atomic E-state index is -0.979. The van der Waals surface area contributed by atoms with Gasteiger partial charge in [-0.2, -0.15) is 0 Å². The highest BCUT2D eigenvalue weighted by atomic mass is 16.3. The molecule has 4 aliphatic carbocycles. The van der Waals surface area contributed by atoms with Crippen molar-refractivity contribution in [2.24, 2.45) is 28.6 Å². The second-order valence-electron chi connectivity index (χ2n) is 9.65. The maximum atomic E-state index is 12.2. The van der Waals surface area contributed by atoms with Crippen molar-refractivity contribution in [3.63, 3.8) is 0 Å². The molecule has 3 fully saturated rings. The first kappa shape index (κ1) is 17.7. The summed E-state index contributed by atoms with van der Waals surface area (Å²) in [7, 11) is 0. The van der Waals surface area contributed by atoms with Gasteiger partial charge in [-0.25, -0.2) is 0 Å². The van der Waals surface area contributed by atoms with Gasteiger partial charge < -0.3 is 15.3 Å². The molecule has 2 unspecified atom stereocenters. The van der Waals surface area contributed by atoms with Crippen LogP contribution < -0.4 is 0 Å². The molecule has 3 saturated carbocycles. The molecule has 0 aliphatic heterocycles. The van der Waals surface area contributed by atoms with Crippen LogP contribution >= 0.6 is 0 Å². The van der Waals surface area contributed by atoms with Gasteiger partial charge in [0, 0.05) is 11.3 Å². The van der Waals surface area contributed by atoms with E-state index in [1.54, 1.807) is 6.92 Å². The molecule has 0 spiro atoms. The maximum Gasteiger partial charge on any atom is 0.133 e. The largest absolute Gasteiger partial charge is 0.393 e. The highest BCUT2D eigenvalue weighted by Gasteiger charge is 2.70. The van der Waals surface area contributed by atoms with Crippen molar-refractivity contribution in [1.82, 2.24) is 0 Å². The van der Waals surface area contributed by atoms with Gasteiger partial charge in [-0.05, 0) is 69.1 Å². The summed E-state index contributed by atoms with van der Waals surface area (Å²) in [6.07, 6.45) is 6.49. The van der Waals surface area contributed by atoms with Crippen molar-refractivity contribution < 1.29 is 20.1 Å². The summed E-state index contributed by atoms with van der Waals surface area (Å²) in [5.74, 6) is 0.155. The molecule has 0 radical (unpaired) electrons. The number of rotatable bonds is 1. The molecular weight excluding hydrogens is 316 g/mol. The second kappa shape index (κ2) is 5.40. The number of fused-ring (bicyclic) bond motifs is 5. The number of carbonyl (C=O) groups excluding carboxylic acids is 1. The number of allylic oxidation sites excluding steroid dienone is 1. The third kappa shape index (κ3) is 2.08. The van der Waals surface area contributed by atoms with E-state index in [1.165, 1.54) is 5.57 Å². The van der Waals surface area contributed by atoms with Gasteiger partial charge in [-0.3, -0.25) is 4.79 Å². The van der Waals surface area contributed by atoms with E-state index in [4.69, 9.17) is 0 Å². The number of hydrogen-bond donors (Lipinski definition) is 3. The van der Waals surface area contributed by atoms with Crippen LogP contribution in [0.2, 0.25) is 0 Å². The molecule has 0 saturated heterocycles. The van der Waals surface area contributed by atoms with Crippen molar-refractivity contribution >= 4 is 5.78 Å². The maximum absolute atomic E-state index is 12.2. The van der Waals surface area contributed by atoms with E-state index in [0.29, 0.717) is 19.3 Å². The van der Waals surface area contributed by atoms with Gasteiger partial charge in [-0.15, -0.1) is 0 Å². The molecule has 4 heteroatoms. The van der Waals surface area contributed by atoms with Gasteiger partial charge in [-0.1, -0.05) is 25.5 Å². The lowest BCUT2D eigenvalue weighted by molar-refractivity contribution is -0.224. The second-order valence-corrected chi connectivity index (χ2v) is 9.65. The van der Waals surface area contributed by atoms with Crippen LogP contribution in [-0.4, -0.2) is 38.9 Å². The highest BCUT2D eigenvalue weighted by molar-refractivity contribution is 5.80. The molecular formula is C21H32O4. The van der Waals surface area contributed by atoms with Crippen molar-refractivity contribution in [2.75, 3.05) is 0 Å². The summed E-state index contributed by atoms with van der Waals surface area (Å²) < 4.78 is 0. The average molecular weight is 348 g/mol. The van der Waals surface area contributed by atoms with E-state index in [2.05, 4.69) is 13.0 Å². The Balaban J connectivity index is 1.77. The van der Waals surface area contributed by atoms with Gasteiger partial charge in [0.15, 0.2) is 0 Å². The normalized spacial score (nSPS) is 55.0. The van der Waals surface area contributed by atoms with E-state index < -0.39 is 17.1 Å². The number of hydrogen-bond acceptors (Lipinski definition) is 4. The third-order valence-electron chi connectivity index (χ3n) is 8.85. The van der Waals surface area contributed by atoms with E-state index in [1.807, 2.05) is 6.92 Å². The minimum Gasteiger partial charge on any atom is -0.393 e. The zero-order valence-corrected chi connectivity index (χ0v) is 15.7. The minimum absolute atomic E-state index is 0.0471. The SMILES string of the molecule is CC(=O)[C@H]1CC[C@]2(O)[C@@H]3CC=C4CC(O)CC[C@]4(C)[C@H]3CC(O)[C@]12C. The average Bonchev–Trinajstić information content (AvgIpc) is 2.83. The van der Waals surface area contributed by atoms with Crippen LogP contribution in [0.5, 0.6) is 0 Å². The molecule has 4 nitrogen and oxygen atoms in total. The van der Waals surface area contributed by atoms with Gasteiger partial charge in [0.25, 0.3) is 0 Å². The molecule has 25 heavy (non-hydrogen) atoms. The first-order valence-corrected chi connectivity index (χ1v) is 9.93. The van der Waals surface area contributed by atoms with Crippen LogP contribution in [0.4, 0.5) is 0 Å². The third-order valence-corrected chi connectivity index (χ3v) is 8.85. The van der Waals surface area contributed by atoms with Crippen LogP contribution in [0.3, 0.4) is 0 Å². The van der Waals surface area contributed by atoms with E-state index in [0.717, 1.165) is 25.7 Å². The van der Waals surface area contributed by atoms with E-state index in [9.17, 15) is 20.1 Å². The molecule has 0 aromatic carbocycles. The van der Waals surface area contributed by atoms with Gasteiger partial charge in [0.05, 0.1) is 17.8 Å².